The molecule has 0 saturated heterocycles. The fourth-order valence-corrected chi connectivity index (χ4v) is 1.17. The Kier molecular flexibility index (Phi) is 3.73. The van der Waals surface area contributed by atoms with E-state index in [9.17, 15) is 0 Å². The first-order valence-electron chi connectivity index (χ1n) is 4.71. The maximum absolute atomic E-state index is 5.73. The van der Waals surface area contributed by atoms with E-state index in [1.54, 1.807) is 0 Å². The molecular formula is C10H24N2. The van der Waals surface area contributed by atoms with Crippen molar-refractivity contribution in [2.24, 2.45) is 11.1 Å². The first kappa shape index (κ1) is 11.9. The summed E-state index contributed by atoms with van der Waals surface area (Å²) in [4.78, 5) is 0. The molecule has 0 atom stereocenters. The lowest BCUT2D eigenvalue weighted by Gasteiger charge is -2.43. The molecule has 3 N–H and O–H groups in total. The Hall–Kier alpha value is -0.0800. The minimum absolute atomic E-state index is 0.0932. The smallest absolute Gasteiger partial charge is 0.0190 e. The molecule has 0 saturated carbocycles. The van der Waals surface area contributed by atoms with Crippen molar-refractivity contribution in [1.82, 2.24) is 5.32 Å². The molecule has 0 aliphatic heterocycles. The predicted molar refractivity (Wildman–Crippen MR) is 55.2 cm³/mol. The van der Waals surface area contributed by atoms with Crippen molar-refractivity contribution in [3.05, 3.63) is 0 Å². The third-order valence-electron chi connectivity index (χ3n) is 2.85. The lowest BCUT2D eigenvalue weighted by molar-refractivity contribution is 0.152. The van der Waals surface area contributed by atoms with Crippen LogP contribution in [-0.2, 0) is 0 Å². The maximum atomic E-state index is 5.73. The van der Waals surface area contributed by atoms with Gasteiger partial charge in [0.2, 0.25) is 0 Å². The molecule has 0 aromatic carbocycles. The molecular weight excluding hydrogens is 148 g/mol. The fraction of sp³-hybridized carbons (Fsp3) is 1.00. The quantitative estimate of drug-likeness (QED) is 0.678. The molecule has 0 aromatic heterocycles. The molecule has 0 unspecified atom stereocenters. The molecule has 12 heavy (non-hydrogen) atoms. The van der Waals surface area contributed by atoms with E-state index in [4.69, 9.17) is 5.73 Å². The van der Waals surface area contributed by atoms with E-state index in [2.05, 4.69) is 46.9 Å². The van der Waals surface area contributed by atoms with Gasteiger partial charge in [0.25, 0.3) is 0 Å². The molecule has 0 aromatic rings. The van der Waals surface area contributed by atoms with Crippen LogP contribution < -0.4 is 11.1 Å². The third-order valence-corrected chi connectivity index (χ3v) is 2.85. The van der Waals surface area contributed by atoms with Gasteiger partial charge in [0.15, 0.2) is 0 Å². The monoisotopic (exact) mass is 172 g/mol. The number of nitrogens with one attached hydrogen (secondary N) is 1. The van der Waals surface area contributed by atoms with Crippen molar-refractivity contribution in [1.29, 1.82) is 0 Å². The molecule has 0 aliphatic carbocycles. The first-order valence-corrected chi connectivity index (χ1v) is 4.71. The number of hydrogen-bond acceptors (Lipinski definition) is 2. The molecule has 2 heteroatoms. The summed E-state index contributed by atoms with van der Waals surface area (Å²) in [5.41, 5.74) is 5.96. The fourth-order valence-electron chi connectivity index (χ4n) is 1.17. The summed E-state index contributed by atoms with van der Waals surface area (Å²) in [7, 11) is 0. The maximum Gasteiger partial charge on any atom is 0.0190 e. The Morgan fingerprint density at radius 1 is 1.17 bits per heavy atom. The van der Waals surface area contributed by atoms with Crippen LogP contribution in [0.2, 0.25) is 0 Å². The highest BCUT2D eigenvalue weighted by Gasteiger charge is 2.35. The van der Waals surface area contributed by atoms with E-state index in [1.165, 1.54) is 0 Å². The molecule has 74 valence electrons. The minimum atomic E-state index is 0.0932. The van der Waals surface area contributed by atoms with Gasteiger partial charge in [-0.3, -0.25) is 0 Å². The molecule has 0 aliphatic rings. The molecule has 0 fully saturated rings. The van der Waals surface area contributed by atoms with Crippen LogP contribution in [0.4, 0.5) is 0 Å². The van der Waals surface area contributed by atoms with Crippen LogP contribution in [0.5, 0.6) is 0 Å². The molecule has 0 bridgehead atoms. The summed E-state index contributed by atoms with van der Waals surface area (Å²) in [5, 5.41) is 3.53. The van der Waals surface area contributed by atoms with Crippen molar-refractivity contribution in [3.8, 4) is 0 Å². The van der Waals surface area contributed by atoms with Crippen LogP contribution in [0, 0.1) is 5.41 Å². The van der Waals surface area contributed by atoms with Crippen LogP contribution in [0.25, 0.3) is 0 Å². The van der Waals surface area contributed by atoms with E-state index in [1.807, 2.05) is 0 Å². The van der Waals surface area contributed by atoms with Gasteiger partial charge in [-0.05, 0) is 25.8 Å². The topological polar surface area (TPSA) is 38.0 Å². The van der Waals surface area contributed by atoms with Crippen molar-refractivity contribution in [2.75, 3.05) is 6.54 Å². The van der Waals surface area contributed by atoms with Gasteiger partial charge in [0, 0.05) is 11.6 Å². The van der Waals surface area contributed by atoms with Gasteiger partial charge < -0.3 is 11.1 Å². The summed E-state index contributed by atoms with van der Waals surface area (Å²) in [6.45, 7) is 13.8. The van der Waals surface area contributed by atoms with Crippen LogP contribution >= 0.6 is 0 Å². The predicted octanol–water partition coefficient (Wildman–Crippen LogP) is 1.75. The molecule has 0 amide bonds. The summed E-state index contributed by atoms with van der Waals surface area (Å²) >= 11 is 0. The molecule has 0 heterocycles. The van der Waals surface area contributed by atoms with Gasteiger partial charge in [-0.2, -0.15) is 0 Å². The average Bonchev–Trinajstić information content (AvgIpc) is 1.84. The highest BCUT2D eigenvalue weighted by atomic mass is 15.0. The zero-order valence-corrected chi connectivity index (χ0v) is 9.36. The van der Waals surface area contributed by atoms with Gasteiger partial charge in [-0.25, -0.2) is 0 Å². The number of rotatable bonds is 4. The zero-order valence-electron chi connectivity index (χ0n) is 9.36. The highest BCUT2D eigenvalue weighted by molar-refractivity contribution is 4.94. The van der Waals surface area contributed by atoms with Crippen LogP contribution in [-0.4, -0.2) is 18.1 Å². The first-order chi connectivity index (χ1) is 5.23. The Morgan fingerprint density at radius 2 is 1.58 bits per heavy atom. The SMILES string of the molecule is CC(C)NC(C)(C)C(C)(C)CN. The lowest BCUT2D eigenvalue weighted by atomic mass is 9.74. The summed E-state index contributed by atoms with van der Waals surface area (Å²) < 4.78 is 0. The lowest BCUT2D eigenvalue weighted by Crippen LogP contribution is -2.56. The van der Waals surface area contributed by atoms with E-state index in [0.717, 1.165) is 0 Å². The average molecular weight is 172 g/mol. The normalized spacial score (nSPS) is 14.0. The Morgan fingerprint density at radius 3 is 1.83 bits per heavy atom. The second-order valence-corrected chi connectivity index (χ2v) is 5.01. The van der Waals surface area contributed by atoms with Crippen molar-refractivity contribution < 1.29 is 0 Å². The molecule has 0 spiro atoms. The summed E-state index contributed by atoms with van der Waals surface area (Å²) in [6.07, 6.45) is 0. The van der Waals surface area contributed by atoms with Crippen molar-refractivity contribution in [3.63, 3.8) is 0 Å². The van der Waals surface area contributed by atoms with Gasteiger partial charge in [0.05, 0.1) is 0 Å². The standard InChI is InChI=1S/C10H24N2/c1-8(2)12-10(5,6)9(3,4)7-11/h8,12H,7,11H2,1-6H3. The molecule has 2 nitrogen and oxygen atoms in total. The van der Waals surface area contributed by atoms with Crippen molar-refractivity contribution in [2.45, 2.75) is 53.1 Å². The summed E-state index contributed by atoms with van der Waals surface area (Å²) in [5.74, 6) is 0. The second-order valence-electron chi connectivity index (χ2n) is 5.01. The van der Waals surface area contributed by atoms with E-state index in [0.29, 0.717) is 12.6 Å². The van der Waals surface area contributed by atoms with E-state index < -0.39 is 0 Å². The molecule has 0 rings (SSSR count). The highest BCUT2D eigenvalue weighted by Crippen LogP contribution is 2.29. The van der Waals surface area contributed by atoms with E-state index in [-0.39, 0.29) is 11.0 Å². The Bertz CT molecular complexity index is 137. The van der Waals surface area contributed by atoms with Crippen molar-refractivity contribution >= 4 is 0 Å². The third kappa shape index (κ3) is 2.76. The van der Waals surface area contributed by atoms with Crippen LogP contribution in [0.15, 0.2) is 0 Å². The van der Waals surface area contributed by atoms with Gasteiger partial charge >= 0.3 is 0 Å². The van der Waals surface area contributed by atoms with Gasteiger partial charge in [-0.1, -0.05) is 27.7 Å². The van der Waals surface area contributed by atoms with Gasteiger partial charge in [0.1, 0.15) is 0 Å². The number of hydrogen-bond donors (Lipinski definition) is 2. The number of nitrogens with two attached hydrogens (primary N) is 1. The van der Waals surface area contributed by atoms with Crippen LogP contribution in [0.1, 0.15) is 41.5 Å². The molecule has 0 radical (unpaired) electrons. The van der Waals surface area contributed by atoms with Crippen LogP contribution in [0.3, 0.4) is 0 Å². The second kappa shape index (κ2) is 3.75. The largest absolute Gasteiger partial charge is 0.330 e. The minimum Gasteiger partial charge on any atom is -0.330 e. The van der Waals surface area contributed by atoms with E-state index >= 15 is 0 Å². The Balaban J connectivity index is 4.37. The Labute approximate surface area is 76.9 Å². The summed E-state index contributed by atoms with van der Waals surface area (Å²) in [6, 6.07) is 0.505. The zero-order chi connectivity index (χ0) is 9.99. The van der Waals surface area contributed by atoms with Gasteiger partial charge in [-0.15, -0.1) is 0 Å².